The monoisotopic (exact) mass is 445 g/mol. The van der Waals surface area contributed by atoms with E-state index in [1.807, 2.05) is 16.8 Å². The molecule has 1 N–H and O–H groups in total. The minimum Gasteiger partial charge on any atom is -0.497 e. The van der Waals surface area contributed by atoms with Crippen LogP contribution in [-0.2, 0) is 21.1 Å². The van der Waals surface area contributed by atoms with Crippen molar-refractivity contribution < 1.29 is 27.5 Å². The number of nitrogens with one attached hydrogen (secondary N) is 1. The molecule has 0 aliphatic rings. The molecule has 0 atom stereocenters. The highest BCUT2D eigenvalue weighted by molar-refractivity contribution is 7.91. The van der Waals surface area contributed by atoms with Crippen LogP contribution in [0.15, 0.2) is 63.0 Å². The molecular weight excluding hydrogens is 426 g/mol. The zero-order chi connectivity index (χ0) is 21.7. The Bertz CT molecular complexity index is 1150. The summed E-state index contributed by atoms with van der Waals surface area (Å²) < 4.78 is 36.6. The van der Waals surface area contributed by atoms with Crippen LogP contribution in [0.4, 0.5) is 5.69 Å². The summed E-state index contributed by atoms with van der Waals surface area (Å²) in [5.41, 5.74) is 0.935. The Kier molecular flexibility index (Phi) is 6.53. The first-order valence-corrected chi connectivity index (χ1v) is 11.2. The SMILES string of the molecule is COC(=O)c1ccc(NCc2ccsc2)c(C=O)c1S(=O)(=O)c1ccc(OC)cc1. The number of sulfone groups is 1. The lowest BCUT2D eigenvalue weighted by molar-refractivity contribution is 0.0596. The van der Waals surface area contributed by atoms with Gasteiger partial charge in [-0.3, -0.25) is 4.79 Å². The fraction of sp³-hybridized carbons (Fsp3) is 0.143. The molecular formula is C21H19NO6S2. The number of carbonyl (C=O) groups excluding carboxylic acids is 2. The Morgan fingerprint density at radius 2 is 1.83 bits per heavy atom. The van der Waals surface area contributed by atoms with Gasteiger partial charge in [-0.2, -0.15) is 11.3 Å². The second-order valence-electron chi connectivity index (χ2n) is 6.18. The maximum Gasteiger partial charge on any atom is 0.339 e. The highest BCUT2D eigenvalue weighted by Gasteiger charge is 2.30. The van der Waals surface area contributed by atoms with Crippen molar-refractivity contribution in [3.63, 3.8) is 0 Å². The van der Waals surface area contributed by atoms with E-state index in [2.05, 4.69) is 5.32 Å². The van der Waals surface area contributed by atoms with Crippen LogP contribution in [-0.4, -0.2) is 34.9 Å². The molecule has 0 aliphatic carbocycles. The standard InChI is InChI=1S/C21H19NO6S2/c1-27-15-3-5-16(6-4-15)30(25,26)20-17(21(24)28-2)7-8-19(18(20)12-23)22-11-14-9-10-29-13-14/h3-10,12-13,22H,11H2,1-2H3. The molecule has 30 heavy (non-hydrogen) atoms. The van der Waals surface area contributed by atoms with Gasteiger partial charge in [0.1, 0.15) is 5.75 Å². The summed E-state index contributed by atoms with van der Waals surface area (Å²) in [4.78, 5) is 23.8. The smallest absolute Gasteiger partial charge is 0.339 e. The predicted molar refractivity (Wildman–Crippen MR) is 113 cm³/mol. The summed E-state index contributed by atoms with van der Waals surface area (Å²) in [6, 6.07) is 10.4. The summed E-state index contributed by atoms with van der Waals surface area (Å²) >= 11 is 1.52. The lowest BCUT2D eigenvalue weighted by Crippen LogP contribution is -2.16. The topological polar surface area (TPSA) is 98.8 Å². The molecule has 3 aromatic rings. The van der Waals surface area contributed by atoms with Gasteiger partial charge in [-0.1, -0.05) is 0 Å². The number of ether oxygens (including phenoxy) is 2. The highest BCUT2D eigenvalue weighted by Crippen LogP contribution is 2.33. The van der Waals surface area contributed by atoms with Crippen LogP contribution in [0.5, 0.6) is 5.75 Å². The average molecular weight is 446 g/mol. The van der Waals surface area contributed by atoms with Crippen LogP contribution in [0.1, 0.15) is 26.3 Å². The van der Waals surface area contributed by atoms with Crippen LogP contribution in [0.2, 0.25) is 0 Å². The first-order chi connectivity index (χ1) is 14.4. The van der Waals surface area contributed by atoms with Gasteiger partial charge in [0.2, 0.25) is 9.84 Å². The Labute approximate surface area is 178 Å². The Morgan fingerprint density at radius 3 is 2.40 bits per heavy atom. The molecule has 1 aromatic heterocycles. The van der Waals surface area contributed by atoms with E-state index in [1.165, 1.54) is 54.8 Å². The van der Waals surface area contributed by atoms with Gasteiger partial charge in [-0.15, -0.1) is 0 Å². The Balaban J connectivity index is 2.16. The fourth-order valence-electron chi connectivity index (χ4n) is 2.89. The molecule has 7 nitrogen and oxygen atoms in total. The van der Waals surface area contributed by atoms with Gasteiger partial charge < -0.3 is 14.8 Å². The third-order valence-electron chi connectivity index (χ3n) is 4.42. The minimum absolute atomic E-state index is 0.0773. The molecule has 156 valence electrons. The number of methoxy groups -OCH3 is 2. The highest BCUT2D eigenvalue weighted by atomic mass is 32.2. The van der Waals surface area contributed by atoms with E-state index in [4.69, 9.17) is 9.47 Å². The number of hydrogen-bond acceptors (Lipinski definition) is 8. The van der Waals surface area contributed by atoms with Crippen molar-refractivity contribution in [1.29, 1.82) is 0 Å². The number of carbonyl (C=O) groups is 2. The van der Waals surface area contributed by atoms with Crippen LogP contribution in [0.3, 0.4) is 0 Å². The van der Waals surface area contributed by atoms with Crippen LogP contribution in [0.25, 0.3) is 0 Å². The third kappa shape index (κ3) is 4.22. The summed E-state index contributed by atoms with van der Waals surface area (Å²) in [7, 11) is -1.60. The van der Waals surface area contributed by atoms with Gasteiger partial charge in [0.05, 0.1) is 35.1 Å². The number of aldehydes is 1. The van der Waals surface area contributed by atoms with Crippen molar-refractivity contribution >= 4 is 39.1 Å². The number of benzene rings is 2. The van der Waals surface area contributed by atoms with E-state index in [0.29, 0.717) is 24.3 Å². The van der Waals surface area contributed by atoms with Gasteiger partial charge in [0, 0.05) is 12.2 Å². The van der Waals surface area contributed by atoms with Gasteiger partial charge in [0.25, 0.3) is 0 Å². The molecule has 0 amide bonds. The Hall–Kier alpha value is -3.17. The van der Waals surface area contributed by atoms with Gasteiger partial charge in [-0.05, 0) is 58.8 Å². The molecule has 0 saturated carbocycles. The van der Waals surface area contributed by atoms with Gasteiger partial charge in [-0.25, -0.2) is 13.2 Å². The third-order valence-corrected chi connectivity index (χ3v) is 7.02. The molecule has 0 unspecified atom stereocenters. The van der Waals surface area contributed by atoms with Crippen LogP contribution in [0, 0.1) is 0 Å². The summed E-state index contributed by atoms with van der Waals surface area (Å²) in [6.45, 7) is 0.393. The first kappa shape index (κ1) is 21.5. The summed E-state index contributed by atoms with van der Waals surface area (Å²) in [6.07, 6.45) is 0.429. The summed E-state index contributed by atoms with van der Waals surface area (Å²) in [5, 5.41) is 6.92. The number of thiophene rings is 1. The number of esters is 1. The molecule has 0 bridgehead atoms. The van der Waals surface area contributed by atoms with Crippen molar-refractivity contribution in [2.45, 2.75) is 16.3 Å². The molecule has 0 aliphatic heterocycles. The summed E-state index contributed by atoms with van der Waals surface area (Å²) in [5.74, 6) is -0.376. The van der Waals surface area contributed by atoms with Gasteiger partial charge in [0.15, 0.2) is 6.29 Å². The first-order valence-electron chi connectivity index (χ1n) is 8.77. The lowest BCUT2D eigenvalue weighted by atomic mass is 10.1. The van der Waals surface area contributed by atoms with Crippen molar-refractivity contribution in [3.05, 3.63) is 69.9 Å². The zero-order valence-corrected chi connectivity index (χ0v) is 17.9. The van der Waals surface area contributed by atoms with Crippen molar-refractivity contribution in [3.8, 4) is 5.75 Å². The fourth-order valence-corrected chi connectivity index (χ4v) is 5.18. The Morgan fingerprint density at radius 1 is 1.10 bits per heavy atom. The van der Waals surface area contributed by atoms with E-state index in [1.54, 1.807) is 0 Å². The van der Waals surface area contributed by atoms with Crippen molar-refractivity contribution in [2.24, 2.45) is 0 Å². The van der Waals surface area contributed by atoms with Crippen LogP contribution < -0.4 is 10.1 Å². The zero-order valence-electron chi connectivity index (χ0n) is 16.2. The maximum absolute atomic E-state index is 13.4. The number of hydrogen-bond donors (Lipinski definition) is 1. The molecule has 0 radical (unpaired) electrons. The van der Waals surface area contributed by atoms with E-state index in [-0.39, 0.29) is 16.0 Å². The minimum atomic E-state index is -4.21. The van der Waals surface area contributed by atoms with Crippen molar-refractivity contribution in [2.75, 3.05) is 19.5 Å². The predicted octanol–water partition coefficient (Wildman–Crippen LogP) is 3.80. The van der Waals surface area contributed by atoms with E-state index < -0.39 is 20.7 Å². The molecule has 2 aromatic carbocycles. The normalized spacial score (nSPS) is 11.0. The molecule has 0 saturated heterocycles. The molecule has 0 spiro atoms. The average Bonchev–Trinajstić information content (AvgIpc) is 3.30. The molecule has 1 heterocycles. The second kappa shape index (κ2) is 9.10. The quantitative estimate of drug-likeness (QED) is 0.416. The second-order valence-corrected chi connectivity index (χ2v) is 8.84. The van der Waals surface area contributed by atoms with E-state index in [0.717, 1.165) is 12.7 Å². The van der Waals surface area contributed by atoms with Gasteiger partial charge >= 0.3 is 5.97 Å². The maximum atomic E-state index is 13.4. The number of rotatable bonds is 8. The molecule has 0 fully saturated rings. The molecule has 3 rings (SSSR count). The van der Waals surface area contributed by atoms with Crippen molar-refractivity contribution in [1.82, 2.24) is 0 Å². The van der Waals surface area contributed by atoms with Crippen LogP contribution >= 0.6 is 11.3 Å². The number of anilines is 1. The lowest BCUT2D eigenvalue weighted by Gasteiger charge is -2.16. The van der Waals surface area contributed by atoms with E-state index >= 15 is 0 Å². The largest absolute Gasteiger partial charge is 0.497 e. The van der Waals surface area contributed by atoms with E-state index in [9.17, 15) is 18.0 Å². The molecule has 9 heteroatoms.